The van der Waals surface area contributed by atoms with E-state index in [9.17, 15) is 9.59 Å². The lowest BCUT2D eigenvalue weighted by Gasteiger charge is -2.13. The highest BCUT2D eigenvalue weighted by atomic mass is 16.5. The van der Waals surface area contributed by atoms with Gasteiger partial charge in [0, 0.05) is 0 Å². The number of carbonyl (C=O) groups is 2. The molecule has 0 saturated heterocycles. The van der Waals surface area contributed by atoms with Gasteiger partial charge in [-0.1, -0.05) is 19.9 Å². The first-order valence-corrected chi connectivity index (χ1v) is 9.56. The summed E-state index contributed by atoms with van der Waals surface area (Å²) in [6, 6.07) is 11.5. The molecule has 0 bridgehead atoms. The fourth-order valence-electron chi connectivity index (χ4n) is 2.92. The molecule has 1 N–H and O–H groups in total. The third-order valence-electron chi connectivity index (χ3n) is 4.49. The van der Waals surface area contributed by atoms with Crippen LogP contribution in [0.2, 0.25) is 0 Å². The number of hydrazone groups is 1. The molecule has 0 unspecified atom stereocenters. The number of benzene rings is 2. The first-order valence-electron chi connectivity index (χ1n) is 9.56. The molecule has 3 rings (SSSR count). The van der Waals surface area contributed by atoms with Crippen molar-refractivity contribution in [1.29, 1.82) is 0 Å². The second-order valence-electron chi connectivity index (χ2n) is 7.33. The van der Waals surface area contributed by atoms with Crippen molar-refractivity contribution in [2.24, 2.45) is 11.0 Å². The number of carboxylic acids is 1. The lowest BCUT2D eigenvalue weighted by molar-refractivity contribution is -0.114. The Hall–Kier alpha value is -3.61. The fourth-order valence-corrected chi connectivity index (χ4v) is 2.92. The average molecular weight is 408 g/mol. The van der Waals surface area contributed by atoms with E-state index in [-0.39, 0.29) is 11.5 Å². The summed E-state index contributed by atoms with van der Waals surface area (Å²) in [5.41, 5.74) is 2.46. The van der Waals surface area contributed by atoms with Gasteiger partial charge >= 0.3 is 5.97 Å². The van der Waals surface area contributed by atoms with E-state index in [2.05, 4.69) is 18.9 Å². The van der Waals surface area contributed by atoms with E-state index in [1.165, 1.54) is 17.1 Å². The van der Waals surface area contributed by atoms with Gasteiger partial charge in [0.15, 0.2) is 11.5 Å². The van der Waals surface area contributed by atoms with Crippen molar-refractivity contribution in [1.82, 2.24) is 0 Å². The molecule has 1 aliphatic heterocycles. The maximum atomic E-state index is 12.9. The number of anilines is 1. The highest BCUT2D eigenvalue weighted by Gasteiger charge is 2.28. The summed E-state index contributed by atoms with van der Waals surface area (Å²) in [5, 5.41) is 14.6. The third-order valence-corrected chi connectivity index (χ3v) is 4.49. The molecular weight excluding hydrogens is 384 g/mol. The molecule has 0 spiro atoms. The number of carbonyl (C=O) groups excluding carboxylic acids is 1. The Bertz CT molecular complexity index is 1020. The zero-order chi connectivity index (χ0) is 21.8. The minimum Gasteiger partial charge on any atom is -0.493 e. The molecule has 30 heavy (non-hydrogen) atoms. The first-order chi connectivity index (χ1) is 14.3. The lowest BCUT2D eigenvalue weighted by Crippen LogP contribution is -2.21. The van der Waals surface area contributed by atoms with Crippen LogP contribution in [0.15, 0.2) is 53.1 Å². The Kier molecular flexibility index (Phi) is 6.20. The molecule has 0 saturated carbocycles. The van der Waals surface area contributed by atoms with Gasteiger partial charge in [0.2, 0.25) is 0 Å². The molecule has 1 aliphatic rings. The number of aromatic carboxylic acids is 1. The predicted molar refractivity (Wildman–Crippen MR) is 115 cm³/mol. The van der Waals surface area contributed by atoms with Crippen LogP contribution >= 0.6 is 0 Å². The lowest BCUT2D eigenvalue weighted by atomic mass is 10.1. The van der Waals surface area contributed by atoms with Crippen molar-refractivity contribution in [2.75, 3.05) is 18.7 Å². The molecule has 0 radical (unpaired) electrons. The molecule has 1 amide bonds. The summed E-state index contributed by atoms with van der Waals surface area (Å²) in [6.45, 7) is 6.48. The molecule has 2 aromatic carbocycles. The number of ether oxygens (including phenoxy) is 2. The summed E-state index contributed by atoms with van der Waals surface area (Å²) >= 11 is 0. The van der Waals surface area contributed by atoms with Gasteiger partial charge < -0.3 is 14.6 Å². The maximum absolute atomic E-state index is 12.9. The number of carboxylic acid groups (broad SMARTS) is 1. The fraction of sp³-hybridized carbons (Fsp3) is 0.261. The molecule has 0 aromatic heterocycles. The van der Waals surface area contributed by atoms with E-state index in [0.717, 1.165) is 5.56 Å². The van der Waals surface area contributed by atoms with Gasteiger partial charge in [-0.2, -0.15) is 10.1 Å². The topological polar surface area (TPSA) is 88.4 Å². The number of rotatable bonds is 7. The van der Waals surface area contributed by atoms with Crippen molar-refractivity contribution in [3.63, 3.8) is 0 Å². The molecule has 7 heteroatoms. The quantitative estimate of drug-likeness (QED) is 0.693. The Balaban J connectivity index is 1.85. The smallest absolute Gasteiger partial charge is 0.335 e. The zero-order valence-electron chi connectivity index (χ0n) is 17.4. The molecule has 156 valence electrons. The molecule has 0 atom stereocenters. The van der Waals surface area contributed by atoms with Crippen LogP contribution in [0.3, 0.4) is 0 Å². The van der Waals surface area contributed by atoms with Crippen LogP contribution < -0.4 is 14.5 Å². The van der Waals surface area contributed by atoms with Crippen LogP contribution in [0.4, 0.5) is 5.69 Å². The summed E-state index contributed by atoms with van der Waals surface area (Å²) in [7, 11) is 1.57. The van der Waals surface area contributed by atoms with Gasteiger partial charge in [0.25, 0.3) is 5.91 Å². The Morgan fingerprint density at radius 2 is 1.87 bits per heavy atom. The van der Waals surface area contributed by atoms with E-state index >= 15 is 0 Å². The number of methoxy groups -OCH3 is 1. The van der Waals surface area contributed by atoms with Crippen LogP contribution in [0.1, 0.15) is 36.7 Å². The monoisotopic (exact) mass is 408 g/mol. The average Bonchev–Trinajstić information content (AvgIpc) is 3.00. The van der Waals surface area contributed by atoms with E-state index < -0.39 is 5.97 Å². The van der Waals surface area contributed by atoms with Crippen LogP contribution in [-0.4, -0.2) is 36.4 Å². The Labute approximate surface area is 175 Å². The van der Waals surface area contributed by atoms with Crippen molar-refractivity contribution in [2.45, 2.75) is 20.8 Å². The van der Waals surface area contributed by atoms with Crippen LogP contribution in [0, 0.1) is 5.92 Å². The van der Waals surface area contributed by atoms with E-state index in [0.29, 0.717) is 41.0 Å². The van der Waals surface area contributed by atoms with Gasteiger partial charge in [-0.25, -0.2) is 4.79 Å². The Morgan fingerprint density at radius 3 is 2.47 bits per heavy atom. The molecular formula is C23H24N2O5. The van der Waals surface area contributed by atoms with Gasteiger partial charge in [0.1, 0.15) is 0 Å². The second kappa shape index (κ2) is 8.82. The number of nitrogens with zero attached hydrogens (tertiary/aromatic N) is 2. The molecule has 1 heterocycles. The predicted octanol–water partition coefficient (Wildman–Crippen LogP) is 4.23. The minimum atomic E-state index is -1.02. The number of hydrogen-bond acceptors (Lipinski definition) is 5. The Morgan fingerprint density at radius 1 is 1.17 bits per heavy atom. The number of amides is 1. The van der Waals surface area contributed by atoms with Gasteiger partial charge in [-0.05, 0) is 60.9 Å². The zero-order valence-corrected chi connectivity index (χ0v) is 17.4. The highest BCUT2D eigenvalue weighted by Crippen LogP contribution is 2.31. The molecule has 2 aromatic rings. The van der Waals surface area contributed by atoms with Crippen molar-refractivity contribution in [3.05, 3.63) is 59.2 Å². The van der Waals surface area contributed by atoms with Crippen LogP contribution in [0.25, 0.3) is 6.08 Å². The first kappa shape index (κ1) is 21.1. The van der Waals surface area contributed by atoms with Crippen LogP contribution in [-0.2, 0) is 4.79 Å². The van der Waals surface area contributed by atoms with Crippen molar-refractivity contribution in [3.8, 4) is 11.5 Å². The summed E-state index contributed by atoms with van der Waals surface area (Å²) < 4.78 is 11.2. The summed E-state index contributed by atoms with van der Waals surface area (Å²) in [6.07, 6.45) is 1.75. The molecule has 0 fully saturated rings. The van der Waals surface area contributed by atoms with Gasteiger partial charge in [-0.15, -0.1) is 0 Å². The van der Waals surface area contributed by atoms with E-state index in [1.54, 1.807) is 32.2 Å². The van der Waals surface area contributed by atoms with Crippen molar-refractivity contribution >= 4 is 29.4 Å². The third kappa shape index (κ3) is 4.51. The SMILES string of the molecule is COc1cc(C=C2C(=O)N(c3ccc(C(=O)O)cc3)N=C2C)ccc1OCC(C)C. The maximum Gasteiger partial charge on any atom is 0.335 e. The minimum absolute atomic E-state index is 0.147. The van der Waals surface area contributed by atoms with Gasteiger partial charge in [0.05, 0.1) is 36.3 Å². The second-order valence-corrected chi connectivity index (χ2v) is 7.33. The van der Waals surface area contributed by atoms with E-state index in [4.69, 9.17) is 14.6 Å². The number of hydrogen-bond donors (Lipinski definition) is 1. The highest BCUT2D eigenvalue weighted by molar-refractivity contribution is 6.32. The van der Waals surface area contributed by atoms with Crippen molar-refractivity contribution < 1.29 is 24.2 Å². The van der Waals surface area contributed by atoms with E-state index in [1.807, 2.05) is 18.2 Å². The largest absolute Gasteiger partial charge is 0.493 e. The molecule has 0 aliphatic carbocycles. The normalized spacial score (nSPS) is 15.0. The standard InChI is InChI=1S/C23H24N2O5/c1-14(2)13-30-20-10-5-16(12-21(20)29-4)11-19-15(3)24-25(22(19)26)18-8-6-17(7-9-18)23(27)28/h5-12,14H,13H2,1-4H3,(H,27,28). The van der Waals surface area contributed by atoms with Gasteiger partial charge in [-0.3, -0.25) is 4.79 Å². The summed E-state index contributed by atoms with van der Waals surface area (Å²) in [5.74, 6) is 0.323. The summed E-state index contributed by atoms with van der Waals surface area (Å²) in [4.78, 5) is 23.9. The van der Waals surface area contributed by atoms with Crippen LogP contribution in [0.5, 0.6) is 11.5 Å². The molecule has 7 nitrogen and oxygen atoms in total.